The van der Waals surface area contributed by atoms with E-state index in [1.54, 1.807) is 0 Å². The molecule has 1 unspecified atom stereocenters. The molecule has 1 rings (SSSR count). The van der Waals surface area contributed by atoms with Crippen LogP contribution in [0.15, 0.2) is 6.20 Å². The molecule has 1 heterocycles. The van der Waals surface area contributed by atoms with Crippen molar-refractivity contribution in [2.75, 3.05) is 0 Å². The molecular weight excluding hydrogens is 201 g/mol. The monoisotopic (exact) mass is 210 g/mol. The van der Waals surface area contributed by atoms with E-state index in [1.807, 2.05) is 0 Å². The van der Waals surface area contributed by atoms with Crippen molar-refractivity contribution in [3.05, 3.63) is 11.9 Å². The van der Waals surface area contributed by atoms with Crippen LogP contribution < -0.4 is 5.73 Å². The molecule has 1 atom stereocenters. The predicted molar refractivity (Wildman–Crippen MR) is 40.0 cm³/mol. The number of aromatic nitrogens is 3. The summed E-state index contributed by atoms with van der Waals surface area (Å²) in [7, 11) is 0. The Morgan fingerprint density at radius 1 is 1.57 bits per heavy atom. The zero-order valence-corrected chi connectivity index (χ0v) is 7.07. The fraction of sp³-hybridized carbons (Fsp3) is 0.667. The van der Waals surface area contributed by atoms with Crippen LogP contribution in [-0.4, -0.2) is 32.4 Å². The number of hydrogen-bond donors (Lipinski definition) is 2. The molecule has 0 aliphatic carbocycles. The lowest BCUT2D eigenvalue weighted by Gasteiger charge is -2.13. The molecule has 0 saturated carbocycles. The van der Waals surface area contributed by atoms with E-state index in [2.05, 4.69) is 10.3 Å². The largest absolute Gasteiger partial charge is 0.416 e. The number of halogens is 3. The first-order valence-corrected chi connectivity index (χ1v) is 3.77. The number of alkyl halides is 3. The maximum Gasteiger partial charge on any atom is 0.416 e. The fourth-order valence-electron chi connectivity index (χ4n) is 0.802. The van der Waals surface area contributed by atoms with Crippen molar-refractivity contribution in [1.29, 1.82) is 0 Å². The van der Waals surface area contributed by atoms with Crippen LogP contribution in [0.3, 0.4) is 0 Å². The van der Waals surface area contributed by atoms with E-state index in [9.17, 15) is 13.2 Å². The summed E-state index contributed by atoms with van der Waals surface area (Å²) in [6.45, 7) is -0.571. The Bertz CT molecular complexity index is 298. The van der Waals surface area contributed by atoms with E-state index >= 15 is 0 Å². The summed E-state index contributed by atoms with van der Waals surface area (Å²) in [5, 5.41) is 15.5. The topological polar surface area (TPSA) is 77.0 Å². The van der Waals surface area contributed by atoms with Crippen LogP contribution in [0.4, 0.5) is 13.2 Å². The highest BCUT2D eigenvalue weighted by atomic mass is 19.4. The lowest BCUT2D eigenvalue weighted by atomic mass is 10.3. The van der Waals surface area contributed by atoms with Crippen LogP contribution >= 0.6 is 0 Å². The Hall–Kier alpha value is -1.15. The van der Waals surface area contributed by atoms with Gasteiger partial charge in [-0.1, -0.05) is 5.21 Å². The van der Waals surface area contributed by atoms with Gasteiger partial charge in [0.05, 0.1) is 12.2 Å². The van der Waals surface area contributed by atoms with Gasteiger partial charge >= 0.3 is 6.18 Å². The Labute approximate surface area is 77.3 Å². The van der Waals surface area contributed by atoms with Gasteiger partial charge in [-0.3, -0.25) is 0 Å². The number of aliphatic hydroxyl groups is 1. The van der Waals surface area contributed by atoms with Gasteiger partial charge in [0.2, 0.25) is 0 Å². The summed E-state index contributed by atoms with van der Waals surface area (Å²) < 4.78 is 36.6. The Morgan fingerprint density at radius 2 is 2.21 bits per heavy atom. The third-order valence-electron chi connectivity index (χ3n) is 1.53. The summed E-state index contributed by atoms with van der Waals surface area (Å²) in [5.41, 5.74) is 5.55. The SMILES string of the molecule is NCc1cn(CC(O)C(F)(F)F)nn1. The van der Waals surface area contributed by atoms with Crippen LogP contribution in [0.5, 0.6) is 0 Å². The molecule has 1 aromatic heterocycles. The van der Waals surface area contributed by atoms with E-state index in [1.165, 1.54) is 6.20 Å². The van der Waals surface area contributed by atoms with Gasteiger partial charge in [-0.05, 0) is 0 Å². The van der Waals surface area contributed by atoms with Crippen molar-refractivity contribution >= 4 is 0 Å². The van der Waals surface area contributed by atoms with Crippen molar-refractivity contribution in [2.24, 2.45) is 5.73 Å². The van der Waals surface area contributed by atoms with Crippen LogP contribution in [0.2, 0.25) is 0 Å². The molecule has 80 valence electrons. The summed E-state index contributed by atoms with van der Waals surface area (Å²) in [4.78, 5) is 0. The average Bonchev–Trinajstić information content (AvgIpc) is 2.50. The van der Waals surface area contributed by atoms with Gasteiger partial charge in [0, 0.05) is 12.7 Å². The van der Waals surface area contributed by atoms with Crippen molar-refractivity contribution in [1.82, 2.24) is 15.0 Å². The number of nitrogens with two attached hydrogens (primary N) is 1. The van der Waals surface area contributed by atoms with Crippen LogP contribution in [0.1, 0.15) is 5.69 Å². The van der Waals surface area contributed by atoms with Gasteiger partial charge in [0.15, 0.2) is 6.10 Å². The lowest BCUT2D eigenvalue weighted by molar-refractivity contribution is -0.208. The Morgan fingerprint density at radius 3 is 2.64 bits per heavy atom. The average molecular weight is 210 g/mol. The second-order valence-electron chi connectivity index (χ2n) is 2.69. The summed E-state index contributed by atoms with van der Waals surface area (Å²) in [6.07, 6.45) is -5.82. The molecule has 3 N–H and O–H groups in total. The number of aliphatic hydroxyl groups excluding tert-OH is 1. The lowest BCUT2D eigenvalue weighted by Crippen LogP contribution is -2.32. The molecule has 0 bridgehead atoms. The highest BCUT2D eigenvalue weighted by Crippen LogP contribution is 2.20. The molecule has 14 heavy (non-hydrogen) atoms. The second kappa shape index (κ2) is 3.93. The van der Waals surface area contributed by atoms with Gasteiger partial charge < -0.3 is 10.8 Å². The quantitative estimate of drug-likeness (QED) is 0.715. The molecule has 8 heteroatoms. The van der Waals surface area contributed by atoms with Crippen LogP contribution in [-0.2, 0) is 13.1 Å². The van der Waals surface area contributed by atoms with Gasteiger partial charge in [-0.25, -0.2) is 4.68 Å². The molecule has 0 aromatic carbocycles. The van der Waals surface area contributed by atoms with Crippen molar-refractivity contribution < 1.29 is 18.3 Å². The molecule has 0 spiro atoms. The smallest absolute Gasteiger partial charge is 0.382 e. The minimum absolute atomic E-state index is 0.0993. The van der Waals surface area contributed by atoms with Crippen molar-refractivity contribution in [3.8, 4) is 0 Å². The predicted octanol–water partition coefficient (Wildman–Crippen LogP) is -0.340. The highest BCUT2D eigenvalue weighted by Gasteiger charge is 2.38. The molecular formula is C6H9F3N4O. The zero-order valence-electron chi connectivity index (χ0n) is 7.07. The maximum atomic E-state index is 11.9. The van der Waals surface area contributed by atoms with Crippen LogP contribution in [0.25, 0.3) is 0 Å². The number of hydrogen-bond acceptors (Lipinski definition) is 4. The van der Waals surface area contributed by atoms with Gasteiger partial charge in [-0.2, -0.15) is 13.2 Å². The van der Waals surface area contributed by atoms with E-state index in [0.29, 0.717) is 5.69 Å². The van der Waals surface area contributed by atoms with Gasteiger partial charge in [0.25, 0.3) is 0 Å². The van der Waals surface area contributed by atoms with Gasteiger partial charge in [-0.15, -0.1) is 5.10 Å². The third kappa shape index (κ3) is 2.67. The first kappa shape index (κ1) is 10.9. The zero-order chi connectivity index (χ0) is 10.8. The van der Waals surface area contributed by atoms with Crippen molar-refractivity contribution in [2.45, 2.75) is 25.4 Å². The number of rotatable bonds is 3. The molecule has 0 aliphatic rings. The van der Waals surface area contributed by atoms with E-state index in [0.717, 1.165) is 4.68 Å². The number of nitrogens with zero attached hydrogens (tertiary/aromatic N) is 3. The fourth-order valence-corrected chi connectivity index (χ4v) is 0.802. The minimum atomic E-state index is -4.64. The van der Waals surface area contributed by atoms with E-state index in [-0.39, 0.29) is 6.54 Å². The standard InChI is InChI=1S/C6H9F3N4O/c7-6(8,9)5(14)3-13-2-4(1-10)11-12-13/h2,5,14H,1,3,10H2. The molecule has 0 radical (unpaired) electrons. The van der Waals surface area contributed by atoms with Gasteiger partial charge in [0.1, 0.15) is 0 Å². The molecule has 0 saturated heterocycles. The second-order valence-corrected chi connectivity index (χ2v) is 2.69. The maximum absolute atomic E-state index is 11.9. The minimum Gasteiger partial charge on any atom is -0.382 e. The summed E-state index contributed by atoms with van der Waals surface area (Å²) in [5.74, 6) is 0. The normalized spacial score (nSPS) is 14.4. The Kier molecular flexibility index (Phi) is 3.06. The van der Waals surface area contributed by atoms with Crippen LogP contribution in [0, 0.1) is 0 Å². The van der Waals surface area contributed by atoms with E-state index < -0.39 is 18.8 Å². The Balaban J connectivity index is 2.60. The highest BCUT2D eigenvalue weighted by molar-refractivity contribution is 4.90. The first-order valence-electron chi connectivity index (χ1n) is 3.77. The molecule has 1 aromatic rings. The molecule has 5 nitrogen and oxygen atoms in total. The molecule has 0 aliphatic heterocycles. The van der Waals surface area contributed by atoms with Crippen molar-refractivity contribution in [3.63, 3.8) is 0 Å². The first-order chi connectivity index (χ1) is 6.43. The molecule has 0 amide bonds. The van der Waals surface area contributed by atoms with E-state index in [4.69, 9.17) is 10.8 Å². The summed E-state index contributed by atoms with van der Waals surface area (Å²) in [6, 6.07) is 0. The third-order valence-corrected chi connectivity index (χ3v) is 1.53. The molecule has 0 fully saturated rings. The summed E-state index contributed by atoms with van der Waals surface area (Å²) >= 11 is 0.